The Labute approximate surface area is 178 Å². The molecule has 1 amide bonds. The van der Waals surface area contributed by atoms with Crippen LogP contribution in [-0.4, -0.2) is 27.7 Å². The molecule has 0 bridgehead atoms. The molecule has 1 N–H and O–H groups in total. The summed E-state index contributed by atoms with van der Waals surface area (Å²) in [6.07, 6.45) is 6.04. The van der Waals surface area contributed by atoms with E-state index in [1.807, 2.05) is 61.5 Å². The van der Waals surface area contributed by atoms with E-state index in [2.05, 4.69) is 0 Å². The fraction of sp³-hybridized carbons (Fsp3) is 0.385. The van der Waals surface area contributed by atoms with Gasteiger partial charge in [0.15, 0.2) is 11.5 Å². The summed E-state index contributed by atoms with van der Waals surface area (Å²) in [5, 5.41) is 10.8. The summed E-state index contributed by atoms with van der Waals surface area (Å²) in [6, 6.07) is 17.4. The number of aliphatic hydroxyl groups is 1. The van der Waals surface area contributed by atoms with Crippen LogP contribution < -0.4 is 0 Å². The van der Waals surface area contributed by atoms with Crippen LogP contribution in [0.1, 0.15) is 61.3 Å². The highest BCUT2D eigenvalue weighted by atomic mass is 16.3. The highest BCUT2D eigenvalue weighted by Gasteiger charge is 2.46. The lowest BCUT2D eigenvalue weighted by molar-refractivity contribution is -0.132. The zero-order valence-corrected chi connectivity index (χ0v) is 17.5. The van der Waals surface area contributed by atoms with E-state index in [-0.39, 0.29) is 29.6 Å². The molecule has 1 unspecified atom stereocenters. The number of carbonyl (C=O) groups is 2. The molecule has 0 saturated heterocycles. The van der Waals surface area contributed by atoms with Crippen LogP contribution in [0.2, 0.25) is 0 Å². The first-order valence-corrected chi connectivity index (χ1v) is 11.0. The van der Waals surface area contributed by atoms with Gasteiger partial charge in [-0.2, -0.15) is 0 Å². The largest absolute Gasteiger partial charge is 0.503 e. The second-order valence-corrected chi connectivity index (χ2v) is 8.49. The van der Waals surface area contributed by atoms with E-state index in [9.17, 15) is 14.7 Å². The number of ketones is 1. The average molecular weight is 404 g/mol. The maximum absolute atomic E-state index is 13.3. The number of hydrogen-bond acceptors (Lipinski definition) is 3. The summed E-state index contributed by atoms with van der Waals surface area (Å²) in [5.41, 5.74) is 3.32. The summed E-state index contributed by atoms with van der Waals surface area (Å²) in [5.74, 6) is -0.892. The van der Waals surface area contributed by atoms with E-state index in [4.69, 9.17) is 0 Å². The molecule has 1 fully saturated rings. The second-order valence-electron chi connectivity index (χ2n) is 8.49. The average Bonchev–Trinajstić information content (AvgIpc) is 3.04. The van der Waals surface area contributed by atoms with Gasteiger partial charge in [0.1, 0.15) is 0 Å². The number of amides is 1. The van der Waals surface area contributed by atoms with Crippen molar-refractivity contribution in [3.8, 4) is 0 Å². The number of rotatable bonds is 6. The van der Waals surface area contributed by atoms with Crippen molar-refractivity contribution < 1.29 is 14.7 Å². The van der Waals surface area contributed by atoms with Crippen molar-refractivity contribution >= 4 is 11.7 Å². The maximum Gasteiger partial charge on any atom is 0.290 e. The van der Waals surface area contributed by atoms with Crippen LogP contribution >= 0.6 is 0 Å². The fourth-order valence-electron chi connectivity index (χ4n) is 4.85. The number of hydrogen-bond donors (Lipinski definition) is 1. The van der Waals surface area contributed by atoms with E-state index in [0.717, 1.165) is 42.4 Å². The Morgan fingerprint density at radius 2 is 1.77 bits per heavy atom. The van der Waals surface area contributed by atoms with Gasteiger partial charge in [-0.25, -0.2) is 0 Å². The van der Waals surface area contributed by atoms with E-state index >= 15 is 0 Å². The van der Waals surface area contributed by atoms with Crippen molar-refractivity contribution in [2.75, 3.05) is 0 Å². The summed E-state index contributed by atoms with van der Waals surface area (Å²) < 4.78 is 0. The number of carbonyl (C=O) groups excluding carboxylic acids is 2. The van der Waals surface area contributed by atoms with Crippen molar-refractivity contribution in [3.05, 3.63) is 82.6 Å². The van der Waals surface area contributed by atoms with Gasteiger partial charge >= 0.3 is 0 Å². The lowest BCUT2D eigenvalue weighted by Gasteiger charge is -2.36. The third kappa shape index (κ3) is 4.04. The summed E-state index contributed by atoms with van der Waals surface area (Å²) in [6.45, 7) is 2.01. The molecular weight excluding hydrogens is 374 g/mol. The zero-order chi connectivity index (χ0) is 21.1. The van der Waals surface area contributed by atoms with E-state index in [0.29, 0.717) is 6.42 Å². The van der Waals surface area contributed by atoms with Crippen molar-refractivity contribution in [1.29, 1.82) is 0 Å². The molecular formula is C26H29NO3. The molecule has 1 aliphatic carbocycles. The van der Waals surface area contributed by atoms with E-state index in [1.54, 1.807) is 4.90 Å². The van der Waals surface area contributed by atoms with Gasteiger partial charge in [0.2, 0.25) is 0 Å². The van der Waals surface area contributed by atoms with Crippen LogP contribution in [0.4, 0.5) is 0 Å². The first-order valence-electron chi connectivity index (χ1n) is 11.0. The van der Waals surface area contributed by atoms with Gasteiger partial charge < -0.3 is 10.0 Å². The molecule has 1 atom stereocenters. The van der Waals surface area contributed by atoms with Crippen LogP contribution in [0.3, 0.4) is 0 Å². The third-order valence-corrected chi connectivity index (χ3v) is 6.35. The van der Waals surface area contributed by atoms with Crippen molar-refractivity contribution in [3.63, 3.8) is 0 Å². The Morgan fingerprint density at radius 1 is 1.03 bits per heavy atom. The first-order chi connectivity index (χ1) is 14.6. The molecule has 0 aromatic heterocycles. The quantitative estimate of drug-likeness (QED) is 0.719. The highest BCUT2D eigenvalue weighted by Crippen LogP contribution is 2.42. The van der Waals surface area contributed by atoms with Gasteiger partial charge in [-0.15, -0.1) is 0 Å². The number of aliphatic hydroxyl groups excluding tert-OH is 1. The SMILES string of the molecule is Cc1cccc(C2C(C(=O)CCc3ccccc3)=C(O)C(=O)N2C2CCCCC2)c1. The Morgan fingerprint density at radius 3 is 2.47 bits per heavy atom. The molecule has 4 nitrogen and oxygen atoms in total. The fourth-order valence-corrected chi connectivity index (χ4v) is 4.85. The van der Waals surface area contributed by atoms with Gasteiger partial charge in [-0.3, -0.25) is 9.59 Å². The van der Waals surface area contributed by atoms with Gasteiger partial charge in [0, 0.05) is 12.5 Å². The molecule has 2 aromatic rings. The zero-order valence-electron chi connectivity index (χ0n) is 17.5. The Kier molecular flexibility index (Phi) is 6.03. The van der Waals surface area contributed by atoms with Crippen LogP contribution in [-0.2, 0) is 16.0 Å². The first kappa shape index (κ1) is 20.4. The molecule has 1 saturated carbocycles. The summed E-state index contributed by atoms with van der Waals surface area (Å²) in [4.78, 5) is 28.2. The van der Waals surface area contributed by atoms with E-state index < -0.39 is 11.9 Å². The molecule has 156 valence electrons. The molecule has 0 spiro atoms. The Hall–Kier alpha value is -2.88. The minimum Gasteiger partial charge on any atom is -0.503 e. The molecule has 0 radical (unpaired) electrons. The molecule has 1 aliphatic heterocycles. The number of nitrogens with zero attached hydrogens (tertiary/aromatic N) is 1. The van der Waals surface area contributed by atoms with Gasteiger partial charge in [-0.1, -0.05) is 79.4 Å². The third-order valence-electron chi connectivity index (χ3n) is 6.35. The van der Waals surface area contributed by atoms with Gasteiger partial charge in [0.25, 0.3) is 5.91 Å². The van der Waals surface area contributed by atoms with E-state index in [1.165, 1.54) is 6.42 Å². The molecule has 4 rings (SSSR count). The van der Waals surface area contributed by atoms with Gasteiger partial charge in [-0.05, 0) is 37.3 Å². The minimum absolute atomic E-state index is 0.0679. The van der Waals surface area contributed by atoms with Crippen molar-refractivity contribution in [2.45, 2.75) is 64.0 Å². The predicted molar refractivity (Wildman–Crippen MR) is 117 cm³/mol. The van der Waals surface area contributed by atoms with Gasteiger partial charge in [0.05, 0.1) is 11.6 Å². The monoisotopic (exact) mass is 403 g/mol. The minimum atomic E-state index is -0.497. The van der Waals surface area contributed by atoms with Crippen LogP contribution in [0.15, 0.2) is 65.9 Å². The molecule has 4 heteroatoms. The van der Waals surface area contributed by atoms with Crippen molar-refractivity contribution in [1.82, 2.24) is 4.90 Å². The summed E-state index contributed by atoms with van der Waals surface area (Å²) in [7, 11) is 0. The maximum atomic E-state index is 13.3. The summed E-state index contributed by atoms with van der Waals surface area (Å²) >= 11 is 0. The predicted octanol–water partition coefficient (Wildman–Crippen LogP) is 5.23. The normalized spacial score (nSPS) is 20.1. The Balaban J connectivity index is 1.66. The molecule has 2 aliphatic rings. The number of Topliss-reactive ketones (excluding diaryl/α,β-unsaturated/α-hetero) is 1. The second kappa shape index (κ2) is 8.86. The molecule has 30 heavy (non-hydrogen) atoms. The van der Waals surface area contributed by atoms with Crippen LogP contribution in [0, 0.1) is 6.92 Å². The number of aryl methyl sites for hydroxylation is 2. The van der Waals surface area contributed by atoms with Crippen LogP contribution in [0.25, 0.3) is 0 Å². The standard InChI is InChI=1S/C26H29NO3/c1-18-9-8-12-20(17-18)24-23(22(28)16-15-19-10-4-2-5-11-19)25(29)26(30)27(24)21-13-6-3-7-14-21/h2,4-5,8-12,17,21,24,29H,3,6-7,13-16H2,1H3. The van der Waals surface area contributed by atoms with Crippen molar-refractivity contribution in [2.24, 2.45) is 0 Å². The number of benzene rings is 2. The Bertz CT molecular complexity index is 957. The van der Waals surface area contributed by atoms with Crippen LogP contribution in [0.5, 0.6) is 0 Å². The smallest absolute Gasteiger partial charge is 0.290 e. The molecule has 2 aromatic carbocycles. The topological polar surface area (TPSA) is 57.6 Å². The highest BCUT2D eigenvalue weighted by molar-refractivity contribution is 6.09. The lowest BCUT2D eigenvalue weighted by atomic mass is 9.89. The lowest BCUT2D eigenvalue weighted by Crippen LogP contribution is -2.41. The molecule has 1 heterocycles.